The molecule has 0 aliphatic heterocycles. The lowest BCUT2D eigenvalue weighted by molar-refractivity contribution is -0.142. The van der Waals surface area contributed by atoms with Gasteiger partial charge in [-0.2, -0.15) is 0 Å². The van der Waals surface area contributed by atoms with Crippen molar-refractivity contribution in [2.45, 2.75) is 70.1 Å². The van der Waals surface area contributed by atoms with Gasteiger partial charge in [0.25, 0.3) is 0 Å². The normalized spacial score (nSPS) is 14.0. The number of hydrogen-bond acceptors (Lipinski definition) is 6. The lowest BCUT2D eigenvalue weighted by Crippen LogP contribution is -2.57. The lowest BCUT2D eigenvalue weighted by Gasteiger charge is -2.26. The summed E-state index contributed by atoms with van der Waals surface area (Å²) in [7, 11) is 0. The van der Waals surface area contributed by atoms with Gasteiger partial charge in [-0.25, -0.2) is 4.79 Å². The van der Waals surface area contributed by atoms with Crippen molar-refractivity contribution in [3.63, 3.8) is 0 Å². The molecule has 12 nitrogen and oxygen atoms in total. The second-order valence-corrected chi connectivity index (χ2v) is 11.0. The van der Waals surface area contributed by atoms with Gasteiger partial charge in [-0.15, -0.1) is 0 Å². The fraction of sp³-hybridized carbons (Fsp3) is 0.387. The predicted molar refractivity (Wildman–Crippen MR) is 161 cm³/mol. The van der Waals surface area contributed by atoms with E-state index < -0.39 is 53.8 Å². The number of amides is 4. The molecule has 0 fully saturated rings. The van der Waals surface area contributed by atoms with Crippen LogP contribution in [0.25, 0.3) is 10.9 Å². The molecule has 0 aliphatic rings. The van der Waals surface area contributed by atoms with E-state index in [0.29, 0.717) is 5.56 Å². The van der Waals surface area contributed by atoms with Crippen LogP contribution in [0.1, 0.15) is 44.2 Å². The average Bonchev–Trinajstić information content (AvgIpc) is 3.37. The van der Waals surface area contributed by atoms with Crippen LogP contribution in [0, 0.1) is 5.92 Å². The number of fused-ring (bicyclic) bond motifs is 1. The predicted octanol–water partition coefficient (Wildman–Crippen LogP) is 1.13. The number of nitrogens with two attached hydrogens (primary N) is 2. The summed E-state index contributed by atoms with van der Waals surface area (Å²) in [6, 6.07) is 12.0. The van der Waals surface area contributed by atoms with E-state index in [1.165, 1.54) is 0 Å². The summed E-state index contributed by atoms with van der Waals surface area (Å²) < 4.78 is 0. The topological polar surface area (TPSA) is 209 Å². The number of carbonyl (C=O) groups excluding carboxylic acids is 4. The molecule has 1 heterocycles. The van der Waals surface area contributed by atoms with Gasteiger partial charge in [0.1, 0.15) is 18.1 Å². The average molecular weight is 593 g/mol. The van der Waals surface area contributed by atoms with Crippen molar-refractivity contribution in [1.82, 2.24) is 20.9 Å². The number of carboxylic acids is 1. The lowest BCUT2D eigenvalue weighted by atomic mass is 10.00. The molecule has 4 unspecified atom stereocenters. The van der Waals surface area contributed by atoms with Crippen LogP contribution in [0.4, 0.5) is 0 Å². The van der Waals surface area contributed by atoms with Crippen LogP contribution in [0.3, 0.4) is 0 Å². The maximum absolute atomic E-state index is 13.4. The molecule has 0 spiro atoms. The summed E-state index contributed by atoms with van der Waals surface area (Å²) in [5, 5.41) is 18.5. The van der Waals surface area contributed by atoms with E-state index >= 15 is 0 Å². The highest BCUT2D eigenvalue weighted by Gasteiger charge is 2.31. The molecule has 0 radical (unpaired) electrons. The van der Waals surface area contributed by atoms with Crippen LogP contribution in [-0.4, -0.2) is 63.9 Å². The minimum absolute atomic E-state index is 0.0179. The number of aliphatic carboxylic acids is 1. The Balaban J connectivity index is 1.72. The molecule has 0 bridgehead atoms. The Hall–Kier alpha value is -4.71. The van der Waals surface area contributed by atoms with Crippen LogP contribution < -0.4 is 27.4 Å². The van der Waals surface area contributed by atoms with E-state index in [9.17, 15) is 29.1 Å². The molecule has 4 atom stereocenters. The van der Waals surface area contributed by atoms with Crippen LogP contribution in [0.15, 0.2) is 60.8 Å². The zero-order valence-corrected chi connectivity index (χ0v) is 24.3. The Morgan fingerprint density at radius 2 is 1.42 bits per heavy atom. The number of rotatable bonds is 16. The van der Waals surface area contributed by atoms with Crippen LogP contribution in [0.2, 0.25) is 0 Å². The molecule has 0 aliphatic carbocycles. The van der Waals surface area contributed by atoms with E-state index in [2.05, 4.69) is 20.9 Å². The number of para-hydroxylation sites is 1. The molecule has 230 valence electrons. The molecule has 3 aromatic rings. The maximum Gasteiger partial charge on any atom is 0.326 e. The van der Waals surface area contributed by atoms with Gasteiger partial charge < -0.3 is 37.5 Å². The Labute approximate surface area is 250 Å². The first kappa shape index (κ1) is 32.8. The highest BCUT2D eigenvalue weighted by atomic mass is 16.4. The summed E-state index contributed by atoms with van der Waals surface area (Å²) in [5.74, 6) is -3.96. The Morgan fingerprint density at radius 3 is 2.07 bits per heavy atom. The molecule has 2 aromatic carbocycles. The summed E-state index contributed by atoms with van der Waals surface area (Å²) in [5.41, 5.74) is 13.8. The van der Waals surface area contributed by atoms with Gasteiger partial charge in [0.15, 0.2) is 0 Å². The summed E-state index contributed by atoms with van der Waals surface area (Å²) in [6.45, 7) is 3.70. The molecular weight excluding hydrogens is 552 g/mol. The van der Waals surface area contributed by atoms with Crippen molar-refractivity contribution in [3.05, 3.63) is 71.9 Å². The van der Waals surface area contributed by atoms with E-state index in [4.69, 9.17) is 11.5 Å². The second kappa shape index (κ2) is 15.5. The number of aromatic amines is 1. The number of benzene rings is 2. The van der Waals surface area contributed by atoms with Crippen LogP contribution in [-0.2, 0) is 36.8 Å². The highest BCUT2D eigenvalue weighted by Crippen LogP contribution is 2.19. The van der Waals surface area contributed by atoms with E-state index in [1.807, 2.05) is 68.4 Å². The molecule has 0 saturated carbocycles. The monoisotopic (exact) mass is 592 g/mol. The largest absolute Gasteiger partial charge is 0.480 e. The third-order valence-electron chi connectivity index (χ3n) is 7.00. The van der Waals surface area contributed by atoms with E-state index in [1.54, 1.807) is 6.20 Å². The van der Waals surface area contributed by atoms with Gasteiger partial charge in [0, 0.05) is 29.9 Å². The molecule has 3 rings (SSSR count). The molecule has 43 heavy (non-hydrogen) atoms. The van der Waals surface area contributed by atoms with Gasteiger partial charge in [-0.3, -0.25) is 19.2 Å². The first-order valence-corrected chi connectivity index (χ1v) is 14.2. The standard InChI is InChI=1S/C31H40N6O6/c1-18(2)14-25(30(41)37-26(31(42)43)16-20-17-34-23-11-7-6-10-21(20)23)36-29(40)24(12-13-27(33)38)35-28(39)22(32)15-19-8-4-3-5-9-19/h3-11,17-18,22,24-26,34H,12-16,32H2,1-2H3,(H2,33,38)(H,35,39)(H,36,40)(H,37,41)(H,42,43). The summed E-state index contributed by atoms with van der Waals surface area (Å²) in [6.07, 6.45) is 1.83. The SMILES string of the molecule is CC(C)CC(NC(=O)C(CCC(N)=O)NC(=O)C(N)Cc1ccccc1)C(=O)NC(Cc1c[nH]c2ccccc12)C(=O)O. The number of carbonyl (C=O) groups is 5. The van der Waals surface area contributed by atoms with Gasteiger partial charge in [-0.05, 0) is 42.4 Å². The first-order valence-electron chi connectivity index (χ1n) is 14.2. The number of aromatic nitrogens is 1. The van der Waals surface area contributed by atoms with Gasteiger partial charge in [0.05, 0.1) is 6.04 Å². The third-order valence-corrected chi connectivity index (χ3v) is 7.00. The number of nitrogens with one attached hydrogen (secondary N) is 4. The van der Waals surface area contributed by atoms with Crippen molar-refractivity contribution >= 4 is 40.5 Å². The molecule has 0 saturated heterocycles. The number of primary amides is 1. The van der Waals surface area contributed by atoms with Crippen LogP contribution >= 0.6 is 0 Å². The van der Waals surface area contributed by atoms with E-state index in [-0.39, 0.29) is 38.0 Å². The van der Waals surface area contributed by atoms with Gasteiger partial charge in [0.2, 0.25) is 23.6 Å². The van der Waals surface area contributed by atoms with Crippen molar-refractivity contribution in [3.8, 4) is 0 Å². The van der Waals surface area contributed by atoms with Crippen molar-refractivity contribution in [1.29, 1.82) is 0 Å². The zero-order valence-electron chi connectivity index (χ0n) is 24.3. The van der Waals surface area contributed by atoms with Crippen molar-refractivity contribution in [2.24, 2.45) is 17.4 Å². The van der Waals surface area contributed by atoms with Crippen LogP contribution in [0.5, 0.6) is 0 Å². The Kier molecular flexibility index (Phi) is 11.8. The van der Waals surface area contributed by atoms with E-state index in [0.717, 1.165) is 16.5 Å². The summed E-state index contributed by atoms with van der Waals surface area (Å²) >= 11 is 0. The molecule has 1 aromatic heterocycles. The minimum atomic E-state index is -1.26. The first-order chi connectivity index (χ1) is 20.4. The minimum Gasteiger partial charge on any atom is -0.480 e. The highest BCUT2D eigenvalue weighted by molar-refractivity contribution is 5.94. The van der Waals surface area contributed by atoms with Gasteiger partial charge >= 0.3 is 5.97 Å². The third kappa shape index (κ3) is 9.96. The van der Waals surface area contributed by atoms with Crippen molar-refractivity contribution in [2.75, 3.05) is 0 Å². The fourth-order valence-electron chi connectivity index (χ4n) is 4.76. The molecule has 4 amide bonds. The quantitative estimate of drug-likeness (QED) is 0.129. The smallest absolute Gasteiger partial charge is 0.326 e. The fourth-order valence-corrected chi connectivity index (χ4v) is 4.76. The van der Waals surface area contributed by atoms with Gasteiger partial charge in [-0.1, -0.05) is 62.4 Å². The Bertz CT molecular complexity index is 1420. The molecule has 9 N–H and O–H groups in total. The number of carboxylic acid groups (broad SMARTS) is 1. The maximum atomic E-state index is 13.4. The number of hydrogen-bond donors (Lipinski definition) is 7. The summed E-state index contributed by atoms with van der Waals surface area (Å²) in [4.78, 5) is 66.3. The van der Waals surface area contributed by atoms with Crippen molar-refractivity contribution < 1.29 is 29.1 Å². The number of H-pyrrole nitrogens is 1. The second-order valence-electron chi connectivity index (χ2n) is 11.0. The zero-order chi connectivity index (χ0) is 31.5. The molecular formula is C31H40N6O6. The molecule has 12 heteroatoms. The Morgan fingerprint density at radius 1 is 0.814 bits per heavy atom.